The second-order valence-electron chi connectivity index (χ2n) is 3.72. The van der Waals surface area contributed by atoms with Crippen LogP contribution in [0.2, 0.25) is 0 Å². The zero-order valence-electron chi connectivity index (χ0n) is 9.48. The maximum absolute atomic E-state index is 11.3. The second kappa shape index (κ2) is 6.65. The van der Waals surface area contributed by atoms with Crippen LogP contribution < -0.4 is 11.1 Å². The number of benzene rings is 1. The zero-order chi connectivity index (χ0) is 12.7. The number of rotatable bonds is 6. The van der Waals surface area contributed by atoms with Gasteiger partial charge in [0, 0.05) is 19.4 Å². The first-order valence-electron chi connectivity index (χ1n) is 5.35. The molecule has 0 aliphatic rings. The van der Waals surface area contributed by atoms with E-state index in [0.29, 0.717) is 6.54 Å². The molecule has 0 saturated heterocycles. The third-order valence-corrected chi connectivity index (χ3v) is 2.26. The lowest BCUT2D eigenvalue weighted by Crippen LogP contribution is -2.24. The number of carbonyl (C=O) groups is 2. The van der Waals surface area contributed by atoms with Gasteiger partial charge in [-0.25, -0.2) is 0 Å². The fraction of sp³-hybridized carbons (Fsp3) is 0.333. The van der Waals surface area contributed by atoms with E-state index in [1.165, 1.54) is 0 Å². The molecule has 1 rings (SSSR count). The van der Waals surface area contributed by atoms with Gasteiger partial charge in [-0.15, -0.1) is 0 Å². The number of aliphatic hydroxyl groups excluding tert-OH is 1. The largest absolute Gasteiger partial charge is 0.392 e. The van der Waals surface area contributed by atoms with Crippen molar-refractivity contribution in [1.82, 2.24) is 5.32 Å². The van der Waals surface area contributed by atoms with Crippen LogP contribution in [0.3, 0.4) is 0 Å². The summed E-state index contributed by atoms with van der Waals surface area (Å²) in [5.41, 5.74) is 6.65. The SMILES string of the molecule is NC(=O)CCC(=O)NCc1cccc(CO)c1. The molecular formula is C12H16N2O3. The summed E-state index contributed by atoms with van der Waals surface area (Å²) >= 11 is 0. The van der Waals surface area contributed by atoms with E-state index in [1.807, 2.05) is 18.2 Å². The van der Waals surface area contributed by atoms with Gasteiger partial charge in [0.25, 0.3) is 0 Å². The van der Waals surface area contributed by atoms with Crippen LogP contribution in [0.25, 0.3) is 0 Å². The molecule has 0 radical (unpaired) electrons. The van der Waals surface area contributed by atoms with Gasteiger partial charge in [0.2, 0.25) is 11.8 Å². The normalized spacial score (nSPS) is 9.94. The monoisotopic (exact) mass is 236 g/mol. The van der Waals surface area contributed by atoms with Crippen molar-refractivity contribution in [2.75, 3.05) is 0 Å². The number of nitrogens with two attached hydrogens (primary N) is 1. The van der Waals surface area contributed by atoms with E-state index in [9.17, 15) is 9.59 Å². The van der Waals surface area contributed by atoms with Crippen molar-refractivity contribution < 1.29 is 14.7 Å². The molecule has 17 heavy (non-hydrogen) atoms. The summed E-state index contributed by atoms with van der Waals surface area (Å²) in [6.45, 7) is 0.356. The van der Waals surface area contributed by atoms with Gasteiger partial charge < -0.3 is 16.2 Å². The first kappa shape index (κ1) is 13.2. The molecule has 4 N–H and O–H groups in total. The average molecular weight is 236 g/mol. The van der Waals surface area contributed by atoms with Crippen LogP contribution in [-0.2, 0) is 22.7 Å². The summed E-state index contributed by atoms with van der Waals surface area (Å²) < 4.78 is 0. The van der Waals surface area contributed by atoms with Crippen LogP contribution in [-0.4, -0.2) is 16.9 Å². The minimum absolute atomic E-state index is 0.0243. The number of carbonyl (C=O) groups excluding carboxylic acids is 2. The first-order valence-corrected chi connectivity index (χ1v) is 5.35. The Kier molecular flexibility index (Phi) is 5.16. The van der Waals surface area contributed by atoms with E-state index in [2.05, 4.69) is 5.32 Å². The number of hydrogen-bond acceptors (Lipinski definition) is 3. The van der Waals surface area contributed by atoms with E-state index < -0.39 is 5.91 Å². The minimum Gasteiger partial charge on any atom is -0.392 e. The number of nitrogens with one attached hydrogen (secondary N) is 1. The predicted octanol–water partition coefficient (Wildman–Crippen LogP) is 0.0606. The van der Waals surface area contributed by atoms with Crippen LogP contribution in [0.1, 0.15) is 24.0 Å². The van der Waals surface area contributed by atoms with Crippen molar-refractivity contribution in [1.29, 1.82) is 0 Å². The Morgan fingerprint density at radius 2 is 1.94 bits per heavy atom. The van der Waals surface area contributed by atoms with Gasteiger partial charge >= 0.3 is 0 Å². The molecule has 0 atom stereocenters. The summed E-state index contributed by atoms with van der Waals surface area (Å²) in [4.78, 5) is 21.8. The van der Waals surface area contributed by atoms with Crippen LogP contribution >= 0.6 is 0 Å². The Labute approximate surface area is 99.6 Å². The minimum atomic E-state index is -0.484. The number of amides is 2. The number of hydrogen-bond donors (Lipinski definition) is 3. The van der Waals surface area contributed by atoms with E-state index in [0.717, 1.165) is 11.1 Å². The van der Waals surface area contributed by atoms with Crippen molar-refractivity contribution in [2.24, 2.45) is 5.73 Å². The van der Waals surface area contributed by atoms with E-state index in [1.54, 1.807) is 6.07 Å². The summed E-state index contributed by atoms with van der Waals surface area (Å²) in [5, 5.41) is 11.6. The van der Waals surface area contributed by atoms with Crippen molar-refractivity contribution in [2.45, 2.75) is 26.0 Å². The summed E-state index contributed by atoms with van der Waals surface area (Å²) in [7, 11) is 0. The lowest BCUT2D eigenvalue weighted by molar-refractivity contribution is -0.125. The Bertz CT molecular complexity index is 404. The summed E-state index contributed by atoms with van der Waals surface area (Å²) in [6.07, 6.45) is 0.164. The van der Waals surface area contributed by atoms with Crippen molar-refractivity contribution in [3.63, 3.8) is 0 Å². The molecule has 5 heteroatoms. The van der Waals surface area contributed by atoms with Crippen molar-refractivity contribution in [3.8, 4) is 0 Å². The topological polar surface area (TPSA) is 92.4 Å². The Morgan fingerprint density at radius 1 is 1.24 bits per heavy atom. The molecule has 0 bridgehead atoms. The predicted molar refractivity (Wildman–Crippen MR) is 62.6 cm³/mol. The highest BCUT2D eigenvalue weighted by Gasteiger charge is 2.03. The fourth-order valence-corrected chi connectivity index (χ4v) is 1.36. The van der Waals surface area contributed by atoms with Gasteiger partial charge in [0.15, 0.2) is 0 Å². The highest BCUT2D eigenvalue weighted by atomic mass is 16.3. The highest BCUT2D eigenvalue weighted by Crippen LogP contribution is 2.05. The van der Waals surface area contributed by atoms with Crippen molar-refractivity contribution in [3.05, 3.63) is 35.4 Å². The van der Waals surface area contributed by atoms with Gasteiger partial charge in [-0.1, -0.05) is 24.3 Å². The molecule has 5 nitrogen and oxygen atoms in total. The van der Waals surface area contributed by atoms with Crippen molar-refractivity contribution >= 4 is 11.8 Å². The summed E-state index contributed by atoms with van der Waals surface area (Å²) in [5.74, 6) is -0.694. The number of aliphatic hydroxyl groups is 1. The molecule has 0 saturated carbocycles. The number of primary amides is 1. The quantitative estimate of drug-likeness (QED) is 0.652. The average Bonchev–Trinajstić information content (AvgIpc) is 2.34. The van der Waals surface area contributed by atoms with E-state index in [-0.39, 0.29) is 25.4 Å². The van der Waals surface area contributed by atoms with E-state index >= 15 is 0 Å². The molecule has 2 amide bonds. The van der Waals surface area contributed by atoms with Crippen LogP contribution in [0.5, 0.6) is 0 Å². The molecule has 0 aliphatic carbocycles. The molecular weight excluding hydrogens is 220 g/mol. The highest BCUT2D eigenvalue weighted by molar-refractivity contribution is 5.82. The molecule has 0 spiro atoms. The smallest absolute Gasteiger partial charge is 0.220 e. The van der Waals surface area contributed by atoms with Gasteiger partial charge in [0.1, 0.15) is 0 Å². The Balaban J connectivity index is 2.39. The Morgan fingerprint density at radius 3 is 2.59 bits per heavy atom. The van der Waals surface area contributed by atoms with Gasteiger partial charge in [-0.3, -0.25) is 9.59 Å². The van der Waals surface area contributed by atoms with Crippen LogP contribution in [0.4, 0.5) is 0 Å². The fourth-order valence-electron chi connectivity index (χ4n) is 1.36. The summed E-state index contributed by atoms with van der Waals surface area (Å²) in [6, 6.07) is 7.29. The molecule has 0 aromatic heterocycles. The zero-order valence-corrected chi connectivity index (χ0v) is 9.48. The van der Waals surface area contributed by atoms with Gasteiger partial charge in [0.05, 0.1) is 6.61 Å². The van der Waals surface area contributed by atoms with Gasteiger partial charge in [-0.05, 0) is 11.1 Å². The molecule has 0 fully saturated rings. The van der Waals surface area contributed by atoms with Crippen LogP contribution in [0.15, 0.2) is 24.3 Å². The molecule has 1 aromatic carbocycles. The lowest BCUT2D eigenvalue weighted by Gasteiger charge is -2.05. The standard InChI is InChI=1S/C12H16N2O3/c13-11(16)4-5-12(17)14-7-9-2-1-3-10(6-9)8-15/h1-3,6,15H,4-5,7-8H2,(H2,13,16)(H,14,17). The lowest BCUT2D eigenvalue weighted by atomic mass is 10.1. The van der Waals surface area contributed by atoms with E-state index in [4.69, 9.17) is 10.8 Å². The first-order chi connectivity index (χ1) is 8.11. The molecule has 0 unspecified atom stereocenters. The molecule has 0 heterocycles. The molecule has 0 aliphatic heterocycles. The van der Waals surface area contributed by atoms with Crippen LogP contribution in [0, 0.1) is 0 Å². The maximum Gasteiger partial charge on any atom is 0.220 e. The van der Waals surface area contributed by atoms with Gasteiger partial charge in [-0.2, -0.15) is 0 Å². The molecule has 92 valence electrons. The maximum atomic E-state index is 11.3. The Hall–Kier alpha value is -1.88. The third-order valence-electron chi connectivity index (χ3n) is 2.26. The third kappa shape index (κ3) is 5.12. The molecule has 1 aromatic rings. The second-order valence-corrected chi connectivity index (χ2v) is 3.72.